The number of phosphoric acid groups is 1. The van der Waals surface area contributed by atoms with Gasteiger partial charge in [0.1, 0.15) is 6.61 Å². The largest absolute Gasteiger partial charge is 0.472 e. The molecule has 278 valence electrons. The van der Waals surface area contributed by atoms with Gasteiger partial charge in [0, 0.05) is 19.4 Å². The average molecular weight is 690 g/mol. The molecule has 2 atom stereocenters. The third-order valence-corrected chi connectivity index (χ3v) is 9.06. The molecule has 0 aliphatic carbocycles. The smallest absolute Gasteiger partial charge is 0.462 e. The molecule has 0 rings (SSSR count). The lowest BCUT2D eigenvalue weighted by atomic mass is 10.1. The van der Waals surface area contributed by atoms with E-state index in [9.17, 15) is 19.0 Å². The molecule has 0 saturated carbocycles. The fraction of sp³-hybridized carbons (Fsp3) is 0.892. The molecule has 0 saturated heterocycles. The Labute approximate surface area is 288 Å². The van der Waals surface area contributed by atoms with Crippen molar-refractivity contribution in [2.45, 2.75) is 174 Å². The Morgan fingerprint density at radius 3 is 1.60 bits per heavy atom. The van der Waals surface area contributed by atoms with Crippen LogP contribution in [-0.2, 0) is 32.7 Å². The molecule has 10 heteroatoms. The second-order valence-electron chi connectivity index (χ2n) is 13.1. The van der Waals surface area contributed by atoms with E-state index in [0.717, 1.165) is 51.4 Å². The van der Waals surface area contributed by atoms with Crippen LogP contribution in [0, 0.1) is 0 Å². The Kier molecular flexibility index (Phi) is 32.4. The van der Waals surface area contributed by atoms with Gasteiger partial charge in [-0.25, -0.2) is 4.57 Å². The fourth-order valence-electron chi connectivity index (χ4n) is 5.09. The van der Waals surface area contributed by atoms with Gasteiger partial charge in [-0.1, -0.05) is 129 Å². The Hall–Kier alpha value is -1.25. The van der Waals surface area contributed by atoms with Crippen LogP contribution in [0.25, 0.3) is 0 Å². The summed E-state index contributed by atoms with van der Waals surface area (Å²) < 4.78 is 33.3. The number of carbonyl (C=O) groups excluding carboxylic acids is 2. The molecular weight excluding hydrogens is 617 g/mol. The van der Waals surface area contributed by atoms with E-state index in [4.69, 9.17) is 18.5 Å². The molecule has 1 unspecified atom stereocenters. The minimum absolute atomic E-state index is 0.00883. The summed E-state index contributed by atoms with van der Waals surface area (Å²) in [5.41, 5.74) is 0. The summed E-state index contributed by atoms with van der Waals surface area (Å²) in [7, 11) is -0.706. The molecule has 0 aliphatic rings. The van der Waals surface area contributed by atoms with Crippen molar-refractivity contribution in [2.75, 3.05) is 40.5 Å². The number of hydrogen-bond acceptors (Lipinski definition) is 8. The van der Waals surface area contributed by atoms with Crippen molar-refractivity contribution < 1.29 is 37.6 Å². The van der Waals surface area contributed by atoms with Gasteiger partial charge in [0.2, 0.25) is 0 Å². The highest BCUT2D eigenvalue weighted by molar-refractivity contribution is 7.47. The zero-order valence-electron chi connectivity index (χ0n) is 30.7. The molecule has 0 amide bonds. The highest BCUT2D eigenvalue weighted by Gasteiger charge is 2.26. The number of nitrogens with zero attached hydrogens (tertiary/aromatic N) is 1. The van der Waals surface area contributed by atoms with Gasteiger partial charge < -0.3 is 19.3 Å². The molecule has 0 aromatic carbocycles. The number of hydrogen-bond donors (Lipinski definition) is 1. The topological polar surface area (TPSA) is 112 Å². The molecule has 1 N–H and O–H groups in total. The summed E-state index contributed by atoms with van der Waals surface area (Å²) in [4.78, 5) is 36.8. The SMILES string of the molecule is CCCCCC/C=C\CCCCCCCC(=O)OC[C@H](COP(=O)(O)OCCN(C)C)OC(=O)CCCCCCCCCCCCC. The lowest BCUT2D eigenvalue weighted by Crippen LogP contribution is -2.29. The first-order valence-corrected chi connectivity index (χ1v) is 20.5. The zero-order valence-corrected chi connectivity index (χ0v) is 31.6. The van der Waals surface area contributed by atoms with Crippen LogP contribution in [0.15, 0.2) is 12.2 Å². The molecular formula is C37H72NO8P. The number of esters is 2. The van der Waals surface area contributed by atoms with E-state index in [1.807, 2.05) is 19.0 Å². The van der Waals surface area contributed by atoms with Gasteiger partial charge >= 0.3 is 19.8 Å². The monoisotopic (exact) mass is 689 g/mol. The van der Waals surface area contributed by atoms with Crippen LogP contribution in [0.1, 0.15) is 168 Å². The van der Waals surface area contributed by atoms with Gasteiger partial charge in [0.15, 0.2) is 6.10 Å². The molecule has 0 heterocycles. The van der Waals surface area contributed by atoms with Crippen molar-refractivity contribution in [2.24, 2.45) is 0 Å². The quantitative estimate of drug-likeness (QED) is 0.0301. The number of likely N-dealkylation sites (N-methyl/N-ethyl adjacent to an activating group) is 1. The van der Waals surface area contributed by atoms with Crippen LogP contribution in [0.5, 0.6) is 0 Å². The van der Waals surface area contributed by atoms with Gasteiger partial charge in [-0.15, -0.1) is 0 Å². The van der Waals surface area contributed by atoms with E-state index >= 15 is 0 Å². The van der Waals surface area contributed by atoms with Crippen LogP contribution in [0.2, 0.25) is 0 Å². The van der Waals surface area contributed by atoms with Crippen molar-refractivity contribution in [3.05, 3.63) is 12.2 Å². The maximum Gasteiger partial charge on any atom is 0.472 e. The molecule has 0 aliphatic heterocycles. The predicted octanol–water partition coefficient (Wildman–Crippen LogP) is 10.1. The lowest BCUT2D eigenvalue weighted by Gasteiger charge is -2.20. The third-order valence-electron chi connectivity index (χ3n) is 8.07. The van der Waals surface area contributed by atoms with Crippen LogP contribution in [-0.4, -0.2) is 68.3 Å². The van der Waals surface area contributed by atoms with E-state index in [2.05, 4.69) is 26.0 Å². The number of unbranched alkanes of at least 4 members (excludes halogenated alkanes) is 19. The highest BCUT2D eigenvalue weighted by atomic mass is 31.2. The van der Waals surface area contributed by atoms with E-state index in [0.29, 0.717) is 13.0 Å². The molecule has 0 aromatic heterocycles. The molecule has 0 bridgehead atoms. The summed E-state index contributed by atoms with van der Waals surface area (Å²) in [5, 5.41) is 0. The summed E-state index contributed by atoms with van der Waals surface area (Å²) in [6.45, 7) is 4.28. The maximum absolute atomic E-state index is 12.5. The van der Waals surface area contributed by atoms with E-state index in [1.165, 1.54) is 83.5 Å². The average Bonchev–Trinajstić information content (AvgIpc) is 3.03. The summed E-state index contributed by atoms with van der Waals surface area (Å²) in [6.07, 6.45) is 29.7. The Balaban J connectivity index is 4.37. The van der Waals surface area contributed by atoms with Crippen molar-refractivity contribution in [1.29, 1.82) is 0 Å². The summed E-state index contributed by atoms with van der Waals surface area (Å²) >= 11 is 0. The minimum atomic E-state index is -4.35. The highest BCUT2D eigenvalue weighted by Crippen LogP contribution is 2.43. The van der Waals surface area contributed by atoms with Gasteiger partial charge in [-0.05, 0) is 52.6 Å². The molecule has 47 heavy (non-hydrogen) atoms. The predicted molar refractivity (Wildman–Crippen MR) is 192 cm³/mol. The van der Waals surface area contributed by atoms with Crippen LogP contribution >= 0.6 is 7.82 Å². The first-order valence-electron chi connectivity index (χ1n) is 19.0. The van der Waals surface area contributed by atoms with E-state index in [-0.39, 0.29) is 32.0 Å². The van der Waals surface area contributed by atoms with E-state index in [1.54, 1.807) is 0 Å². The fourth-order valence-corrected chi connectivity index (χ4v) is 5.83. The standard InChI is InChI=1S/C37H72NO8P/c1-5-7-9-11-13-15-17-18-20-21-23-25-27-29-36(39)43-33-35(34-45-47(41,42)44-32-31-38(3)4)46-37(40)30-28-26-24-22-19-16-14-12-10-8-6-2/h15,17,35H,5-14,16,18-34H2,1-4H3,(H,41,42)/b17-15-/t35-/m1/s1. The molecule has 0 radical (unpaired) electrons. The third kappa shape index (κ3) is 34.4. The zero-order chi connectivity index (χ0) is 34.9. The number of allylic oxidation sites excluding steroid dienone is 2. The van der Waals surface area contributed by atoms with Crippen molar-refractivity contribution in [3.8, 4) is 0 Å². The lowest BCUT2D eigenvalue weighted by molar-refractivity contribution is -0.161. The van der Waals surface area contributed by atoms with E-state index < -0.39 is 26.5 Å². The molecule has 0 aromatic rings. The van der Waals surface area contributed by atoms with Gasteiger partial charge in [0.25, 0.3) is 0 Å². The first-order chi connectivity index (χ1) is 22.7. The van der Waals surface area contributed by atoms with Crippen molar-refractivity contribution >= 4 is 19.8 Å². The number of carbonyl (C=O) groups is 2. The number of rotatable bonds is 35. The van der Waals surface area contributed by atoms with Gasteiger partial charge in [-0.2, -0.15) is 0 Å². The number of ether oxygens (including phenoxy) is 2. The molecule has 0 spiro atoms. The van der Waals surface area contributed by atoms with Crippen LogP contribution < -0.4 is 0 Å². The Morgan fingerprint density at radius 2 is 1.09 bits per heavy atom. The molecule has 0 fully saturated rings. The summed E-state index contributed by atoms with van der Waals surface area (Å²) in [5.74, 6) is -0.810. The van der Waals surface area contributed by atoms with Crippen LogP contribution in [0.3, 0.4) is 0 Å². The van der Waals surface area contributed by atoms with Crippen molar-refractivity contribution in [3.63, 3.8) is 0 Å². The maximum atomic E-state index is 12.5. The Morgan fingerprint density at radius 1 is 0.638 bits per heavy atom. The number of phosphoric ester groups is 1. The normalized spacial score (nSPS) is 13.7. The van der Waals surface area contributed by atoms with Gasteiger partial charge in [0.05, 0.1) is 13.2 Å². The second kappa shape index (κ2) is 33.3. The van der Waals surface area contributed by atoms with Gasteiger partial charge in [-0.3, -0.25) is 18.6 Å². The molecule has 9 nitrogen and oxygen atoms in total. The summed E-state index contributed by atoms with van der Waals surface area (Å²) in [6, 6.07) is 0. The van der Waals surface area contributed by atoms with Crippen LogP contribution in [0.4, 0.5) is 0 Å². The Bertz CT molecular complexity index is 807. The second-order valence-corrected chi connectivity index (χ2v) is 14.6. The minimum Gasteiger partial charge on any atom is -0.462 e. The first kappa shape index (κ1) is 45.8. The van der Waals surface area contributed by atoms with Crippen molar-refractivity contribution in [1.82, 2.24) is 4.90 Å².